The SMILES string of the molecule is COc1cc([C@H]2C3=CCn4c(=O)n(CCc5nc6cc(OC)c(OC)cc6n(C)c5=O)c(=O)n4[C@@H]3CC3=C2C(=O)C=C(Br)C3=O)ccc1O. The highest BCUT2D eigenvalue weighted by Crippen LogP contribution is 2.50. The molecule has 3 heterocycles. The van der Waals surface area contributed by atoms with Gasteiger partial charge < -0.3 is 23.9 Å². The van der Waals surface area contributed by atoms with Crippen molar-refractivity contribution < 1.29 is 28.9 Å². The van der Waals surface area contributed by atoms with Crippen LogP contribution in [0.4, 0.5) is 0 Å². The summed E-state index contributed by atoms with van der Waals surface area (Å²) in [6.45, 7) is -0.105. The number of methoxy groups -OCH3 is 3. The van der Waals surface area contributed by atoms with Gasteiger partial charge in [-0.05, 0) is 39.2 Å². The number of ether oxygens (including phenoxy) is 3. The topological polar surface area (TPSA) is 166 Å². The Labute approximate surface area is 285 Å². The number of ketones is 2. The van der Waals surface area contributed by atoms with E-state index in [1.54, 1.807) is 37.4 Å². The summed E-state index contributed by atoms with van der Waals surface area (Å²) in [5.41, 5.74) is 1.28. The number of aromatic hydroxyl groups is 1. The van der Waals surface area contributed by atoms with Gasteiger partial charge in [0.2, 0.25) is 0 Å². The second-order valence-electron chi connectivity index (χ2n) is 11.9. The molecule has 2 aliphatic carbocycles. The number of fused-ring (bicyclic) bond motifs is 4. The minimum atomic E-state index is -0.775. The van der Waals surface area contributed by atoms with Crippen LogP contribution in [0.1, 0.15) is 29.6 Å². The first-order chi connectivity index (χ1) is 23.5. The number of aromatic nitrogens is 5. The summed E-state index contributed by atoms with van der Waals surface area (Å²) in [7, 11) is 5.99. The van der Waals surface area contributed by atoms with Crippen molar-refractivity contribution in [3.8, 4) is 23.0 Å². The Morgan fingerprint density at radius 3 is 2.39 bits per heavy atom. The van der Waals surface area contributed by atoms with Crippen molar-refractivity contribution in [1.29, 1.82) is 0 Å². The highest BCUT2D eigenvalue weighted by molar-refractivity contribution is 9.12. The van der Waals surface area contributed by atoms with Gasteiger partial charge in [-0.25, -0.2) is 28.5 Å². The van der Waals surface area contributed by atoms with Crippen molar-refractivity contribution >= 4 is 38.5 Å². The van der Waals surface area contributed by atoms with Crippen LogP contribution in [0.5, 0.6) is 23.0 Å². The molecule has 0 amide bonds. The first-order valence-electron chi connectivity index (χ1n) is 15.3. The van der Waals surface area contributed by atoms with Gasteiger partial charge in [0.1, 0.15) is 5.69 Å². The first kappa shape index (κ1) is 32.1. The van der Waals surface area contributed by atoms with Crippen molar-refractivity contribution in [2.45, 2.75) is 37.9 Å². The molecule has 14 nitrogen and oxygen atoms in total. The fourth-order valence-electron chi connectivity index (χ4n) is 7.06. The molecule has 252 valence electrons. The average Bonchev–Trinajstić information content (AvgIpc) is 3.35. The van der Waals surface area contributed by atoms with Crippen LogP contribution in [-0.4, -0.2) is 61.5 Å². The molecule has 0 bridgehead atoms. The maximum absolute atomic E-state index is 14.1. The van der Waals surface area contributed by atoms with Crippen LogP contribution >= 0.6 is 15.9 Å². The molecule has 4 aromatic rings. The quantitative estimate of drug-likeness (QED) is 0.220. The molecule has 49 heavy (non-hydrogen) atoms. The Hall–Kier alpha value is -5.44. The number of hydrogen-bond donors (Lipinski definition) is 1. The van der Waals surface area contributed by atoms with Crippen LogP contribution in [0.2, 0.25) is 0 Å². The van der Waals surface area contributed by atoms with Crippen LogP contribution < -0.4 is 31.1 Å². The van der Waals surface area contributed by atoms with Crippen molar-refractivity contribution in [2.24, 2.45) is 7.05 Å². The van der Waals surface area contributed by atoms with Gasteiger partial charge in [-0.3, -0.25) is 14.4 Å². The number of phenolic OH excluding ortho intramolecular Hbond substituents is 1. The van der Waals surface area contributed by atoms with Crippen LogP contribution in [0, 0.1) is 0 Å². The number of carbonyl (C=O) groups excluding carboxylic acids is 2. The maximum Gasteiger partial charge on any atom is 0.347 e. The van der Waals surface area contributed by atoms with Crippen LogP contribution in [0.3, 0.4) is 0 Å². The second kappa shape index (κ2) is 11.9. The molecule has 1 aliphatic heterocycles. The number of carbonyl (C=O) groups is 2. The molecular formula is C34H30BrN5O9. The summed E-state index contributed by atoms with van der Waals surface area (Å²) in [6, 6.07) is 7.21. The molecule has 7 rings (SSSR count). The molecule has 0 saturated heterocycles. The number of nitrogens with zero attached hydrogens (tertiary/aromatic N) is 5. The smallest absolute Gasteiger partial charge is 0.347 e. The Balaban J connectivity index is 1.30. The molecular weight excluding hydrogens is 702 g/mol. The average molecular weight is 733 g/mol. The van der Waals surface area contributed by atoms with E-state index < -0.39 is 23.3 Å². The van der Waals surface area contributed by atoms with Gasteiger partial charge in [0.05, 0.1) is 49.4 Å². The third kappa shape index (κ3) is 4.90. The Morgan fingerprint density at radius 1 is 0.959 bits per heavy atom. The minimum absolute atomic E-state index is 0.00181. The number of allylic oxidation sites excluding steroid dienone is 6. The van der Waals surface area contributed by atoms with E-state index >= 15 is 0 Å². The number of benzene rings is 2. The lowest BCUT2D eigenvalue weighted by atomic mass is 9.69. The fourth-order valence-corrected chi connectivity index (χ4v) is 7.51. The van der Waals surface area contributed by atoms with Crippen LogP contribution in [0.15, 0.2) is 78.1 Å². The largest absolute Gasteiger partial charge is 0.504 e. The van der Waals surface area contributed by atoms with Gasteiger partial charge in [-0.15, -0.1) is 0 Å². The van der Waals surface area contributed by atoms with Gasteiger partial charge in [0.15, 0.2) is 34.6 Å². The lowest BCUT2D eigenvalue weighted by Crippen LogP contribution is -2.40. The summed E-state index contributed by atoms with van der Waals surface area (Å²) in [5.74, 6) is -0.551. The molecule has 0 radical (unpaired) electrons. The number of hydrogen-bond acceptors (Lipinski definition) is 10. The van der Waals surface area contributed by atoms with Gasteiger partial charge in [0, 0.05) is 61.7 Å². The molecule has 0 saturated carbocycles. The summed E-state index contributed by atoms with van der Waals surface area (Å²) < 4.78 is 21.3. The van der Waals surface area contributed by atoms with E-state index in [-0.39, 0.29) is 75.9 Å². The number of halogens is 1. The van der Waals surface area contributed by atoms with E-state index in [9.17, 15) is 29.1 Å². The van der Waals surface area contributed by atoms with Crippen molar-refractivity contribution in [3.05, 3.63) is 106 Å². The monoisotopic (exact) mass is 731 g/mol. The molecule has 2 aromatic carbocycles. The molecule has 0 fully saturated rings. The molecule has 2 atom stereocenters. The van der Waals surface area contributed by atoms with Crippen molar-refractivity contribution in [1.82, 2.24) is 23.5 Å². The molecule has 3 aliphatic rings. The first-order valence-corrected chi connectivity index (χ1v) is 16.1. The zero-order chi connectivity index (χ0) is 34.9. The molecule has 0 unspecified atom stereocenters. The maximum atomic E-state index is 14.1. The lowest BCUT2D eigenvalue weighted by molar-refractivity contribution is -0.115. The highest BCUT2D eigenvalue weighted by atomic mass is 79.9. The number of rotatable bonds is 7. The van der Waals surface area contributed by atoms with E-state index in [4.69, 9.17) is 14.2 Å². The molecule has 1 N–H and O–H groups in total. The van der Waals surface area contributed by atoms with Gasteiger partial charge >= 0.3 is 11.4 Å². The van der Waals surface area contributed by atoms with E-state index in [2.05, 4.69) is 20.9 Å². The lowest BCUT2D eigenvalue weighted by Gasteiger charge is -2.39. The summed E-state index contributed by atoms with van der Waals surface area (Å²) in [6.07, 6.45) is 3.03. The standard InChI is InChI=1S/C34H30BrN5O9/c1-37-23-15-28(49-4)27(48-3)14-21(23)36-20(32(37)44)8-9-38-33(45)39-10-7-17-22(40(39)34(38)46)12-18-30(25(42)13-19(35)31(18)43)29(17)16-5-6-24(41)26(11-16)47-2/h5-7,11,13-15,22,29,41H,8-10,12H2,1-4H3/t22-,29+/m1/s1. The minimum Gasteiger partial charge on any atom is -0.504 e. The second-order valence-corrected chi connectivity index (χ2v) is 12.7. The van der Waals surface area contributed by atoms with E-state index in [0.717, 1.165) is 4.57 Å². The number of Topliss-reactive ketones (excluding diaryl/α,β-unsaturated/α-hetero) is 1. The van der Waals surface area contributed by atoms with Crippen LogP contribution in [0.25, 0.3) is 11.0 Å². The number of aryl methyl sites for hydroxylation is 2. The molecule has 0 spiro atoms. The third-order valence-corrected chi connectivity index (χ3v) is 10.0. The third-order valence-electron chi connectivity index (χ3n) is 9.44. The normalized spacial score (nSPS) is 18.5. The van der Waals surface area contributed by atoms with Gasteiger partial charge in [-0.1, -0.05) is 12.1 Å². The predicted molar refractivity (Wildman–Crippen MR) is 180 cm³/mol. The molecule has 15 heteroatoms. The fraction of sp³-hybridized carbons (Fsp3) is 0.294. The summed E-state index contributed by atoms with van der Waals surface area (Å²) in [4.78, 5) is 72.6. The zero-order valence-corrected chi connectivity index (χ0v) is 28.4. The van der Waals surface area contributed by atoms with E-state index in [1.807, 2.05) is 0 Å². The van der Waals surface area contributed by atoms with Gasteiger partial charge in [0.25, 0.3) is 5.56 Å². The number of phenols is 1. The van der Waals surface area contributed by atoms with Crippen LogP contribution in [-0.2, 0) is 36.1 Å². The van der Waals surface area contributed by atoms with Crippen molar-refractivity contribution in [3.63, 3.8) is 0 Å². The van der Waals surface area contributed by atoms with Gasteiger partial charge in [-0.2, -0.15) is 0 Å². The zero-order valence-electron chi connectivity index (χ0n) is 26.9. The van der Waals surface area contributed by atoms with E-state index in [1.165, 1.54) is 47.4 Å². The Kier molecular flexibility index (Phi) is 7.81. The Bertz CT molecular complexity index is 2410. The predicted octanol–water partition coefficient (Wildman–Crippen LogP) is 2.43. The van der Waals surface area contributed by atoms with E-state index in [0.29, 0.717) is 33.7 Å². The summed E-state index contributed by atoms with van der Waals surface area (Å²) >= 11 is 3.21. The molecule has 2 aromatic heterocycles. The van der Waals surface area contributed by atoms with Crippen molar-refractivity contribution in [2.75, 3.05) is 21.3 Å². The summed E-state index contributed by atoms with van der Waals surface area (Å²) in [5, 5.41) is 10.3. The highest BCUT2D eigenvalue weighted by Gasteiger charge is 2.45. The Morgan fingerprint density at radius 2 is 1.67 bits per heavy atom.